The van der Waals surface area contributed by atoms with Crippen LogP contribution in [0.15, 0.2) is 65.7 Å². The molecule has 4 nitrogen and oxygen atoms in total. The number of hydrogen-bond acceptors (Lipinski definition) is 2. The Bertz CT molecular complexity index is 1290. The number of fused-ring (bicyclic) bond motifs is 1. The highest BCUT2D eigenvalue weighted by molar-refractivity contribution is 5.52. The molecule has 138 valence electrons. The Morgan fingerprint density at radius 3 is 2.57 bits per heavy atom. The van der Waals surface area contributed by atoms with Crippen LogP contribution in [0.3, 0.4) is 0 Å². The molecule has 6 heteroatoms. The monoisotopic (exact) mass is 375 g/mol. The third kappa shape index (κ3) is 3.30. The Morgan fingerprint density at radius 1 is 1.04 bits per heavy atom. The summed E-state index contributed by atoms with van der Waals surface area (Å²) in [5.41, 5.74) is 2.87. The predicted molar refractivity (Wildman–Crippen MR) is 102 cm³/mol. The maximum Gasteiger partial charge on any atom is 0.276 e. The van der Waals surface area contributed by atoms with Gasteiger partial charge in [0.05, 0.1) is 0 Å². The first-order valence-electron chi connectivity index (χ1n) is 8.63. The zero-order chi connectivity index (χ0) is 19.7. The summed E-state index contributed by atoms with van der Waals surface area (Å²) in [6.45, 7) is 1.85. The minimum absolute atomic E-state index is 0.183. The van der Waals surface area contributed by atoms with Crippen LogP contribution in [0.1, 0.15) is 22.3 Å². The molecule has 2 aromatic heterocycles. The molecule has 0 atom stereocenters. The van der Waals surface area contributed by atoms with Crippen LogP contribution in [0, 0.1) is 30.5 Å². The first-order chi connectivity index (χ1) is 13.5. The Hall–Kier alpha value is -3.72. The van der Waals surface area contributed by atoms with Gasteiger partial charge in [-0.1, -0.05) is 24.3 Å². The minimum atomic E-state index is -0.934. The average Bonchev–Trinajstić information content (AvgIpc) is 3.13. The van der Waals surface area contributed by atoms with E-state index in [1.807, 2.05) is 37.3 Å². The van der Waals surface area contributed by atoms with Crippen LogP contribution >= 0.6 is 0 Å². The molecule has 0 aliphatic carbocycles. The van der Waals surface area contributed by atoms with Gasteiger partial charge in [-0.05, 0) is 54.3 Å². The van der Waals surface area contributed by atoms with E-state index in [0.29, 0.717) is 16.8 Å². The zero-order valence-electron chi connectivity index (χ0n) is 15.0. The molecule has 0 N–H and O–H groups in total. The number of hydrogen-bond donors (Lipinski definition) is 0. The van der Waals surface area contributed by atoms with Crippen LogP contribution in [0.25, 0.3) is 5.65 Å². The lowest BCUT2D eigenvalue weighted by molar-refractivity contribution is 0.507. The Morgan fingerprint density at radius 2 is 1.82 bits per heavy atom. The Balaban J connectivity index is 1.75. The first kappa shape index (κ1) is 17.7. The highest BCUT2D eigenvalue weighted by Crippen LogP contribution is 2.14. The van der Waals surface area contributed by atoms with Crippen LogP contribution in [-0.2, 0) is 6.42 Å². The molecule has 0 amide bonds. The summed E-state index contributed by atoms with van der Waals surface area (Å²) in [6.07, 6.45) is 1.67. The van der Waals surface area contributed by atoms with Crippen molar-refractivity contribution in [1.29, 1.82) is 0 Å². The highest BCUT2D eigenvalue weighted by atomic mass is 19.2. The normalized spacial score (nSPS) is 10.7. The molecule has 2 heterocycles. The lowest BCUT2D eigenvalue weighted by Crippen LogP contribution is -2.20. The minimum Gasteiger partial charge on any atom is -0.267 e. The van der Waals surface area contributed by atoms with Crippen molar-refractivity contribution in [3.8, 4) is 12.0 Å². The molecule has 28 heavy (non-hydrogen) atoms. The number of pyridine rings is 1. The largest absolute Gasteiger partial charge is 0.276 e. The van der Waals surface area contributed by atoms with E-state index in [2.05, 4.69) is 17.1 Å². The van der Waals surface area contributed by atoms with E-state index in [4.69, 9.17) is 0 Å². The van der Waals surface area contributed by atoms with Crippen LogP contribution in [0.4, 0.5) is 8.78 Å². The number of rotatable bonds is 2. The van der Waals surface area contributed by atoms with Gasteiger partial charge in [-0.2, -0.15) is 9.61 Å². The number of halogens is 2. The third-order valence-electron chi connectivity index (χ3n) is 4.39. The number of benzene rings is 2. The van der Waals surface area contributed by atoms with E-state index < -0.39 is 11.6 Å². The maximum atomic E-state index is 13.5. The van der Waals surface area contributed by atoms with Crippen LogP contribution in [0.2, 0.25) is 0 Å². The SMILES string of the molecule is Cc1cc(Cc2ccc(F)c(F)c2)c(=O)n2ncn(C#Cc3ccccc3)c12. The van der Waals surface area contributed by atoms with Crippen LogP contribution in [0.5, 0.6) is 0 Å². The molecule has 4 rings (SSSR count). The second-order valence-corrected chi connectivity index (χ2v) is 6.42. The van der Waals surface area contributed by atoms with E-state index in [9.17, 15) is 13.6 Å². The summed E-state index contributed by atoms with van der Waals surface area (Å²) in [4.78, 5) is 12.8. The van der Waals surface area contributed by atoms with Crippen molar-refractivity contribution in [2.75, 3.05) is 0 Å². The van der Waals surface area contributed by atoms with Gasteiger partial charge in [-0.3, -0.25) is 4.79 Å². The van der Waals surface area contributed by atoms with Crippen LogP contribution < -0.4 is 5.56 Å². The molecular weight excluding hydrogens is 360 g/mol. The molecule has 0 fully saturated rings. The number of aromatic nitrogens is 3. The van der Waals surface area contributed by atoms with Gasteiger partial charge >= 0.3 is 0 Å². The molecule has 2 aromatic carbocycles. The molecule has 0 radical (unpaired) electrons. The summed E-state index contributed by atoms with van der Waals surface area (Å²) in [6, 6.07) is 17.8. The molecule has 0 spiro atoms. The van der Waals surface area contributed by atoms with E-state index in [1.54, 1.807) is 10.6 Å². The summed E-state index contributed by atoms with van der Waals surface area (Å²) in [7, 11) is 0. The molecule has 0 unspecified atom stereocenters. The van der Waals surface area contributed by atoms with Crippen molar-refractivity contribution in [1.82, 2.24) is 14.2 Å². The summed E-state index contributed by atoms with van der Waals surface area (Å²) in [5.74, 6) is 1.18. The first-order valence-corrected chi connectivity index (χ1v) is 8.63. The van der Waals surface area contributed by atoms with Gasteiger partial charge in [0.2, 0.25) is 0 Å². The van der Waals surface area contributed by atoms with Gasteiger partial charge in [-0.25, -0.2) is 13.3 Å². The second-order valence-electron chi connectivity index (χ2n) is 6.42. The van der Waals surface area contributed by atoms with Crippen molar-refractivity contribution in [3.05, 3.63) is 105 Å². The fourth-order valence-electron chi connectivity index (χ4n) is 3.07. The molecule has 0 saturated carbocycles. The van der Waals surface area contributed by atoms with Crippen molar-refractivity contribution in [2.24, 2.45) is 0 Å². The van der Waals surface area contributed by atoms with Gasteiger partial charge < -0.3 is 0 Å². The summed E-state index contributed by atoms with van der Waals surface area (Å²) >= 11 is 0. The molecule has 0 aliphatic heterocycles. The van der Waals surface area contributed by atoms with Gasteiger partial charge in [-0.15, -0.1) is 0 Å². The van der Waals surface area contributed by atoms with Gasteiger partial charge in [0.1, 0.15) is 6.33 Å². The topological polar surface area (TPSA) is 39.3 Å². The fourth-order valence-corrected chi connectivity index (χ4v) is 3.07. The number of aryl methyl sites for hydroxylation is 1. The second kappa shape index (κ2) is 7.12. The van der Waals surface area contributed by atoms with Crippen molar-refractivity contribution >= 4 is 5.65 Å². The van der Waals surface area contributed by atoms with Crippen LogP contribution in [-0.4, -0.2) is 14.2 Å². The maximum absolute atomic E-state index is 13.5. The van der Waals surface area contributed by atoms with Crippen molar-refractivity contribution < 1.29 is 8.78 Å². The molecule has 0 bridgehead atoms. The lowest BCUT2D eigenvalue weighted by atomic mass is 10.0. The van der Waals surface area contributed by atoms with Gasteiger partial charge in [0, 0.05) is 23.6 Å². The molecule has 0 aliphatic rings. The van der Waals surface area contributed by atoms with Gasteiger partial charge in [0.25, 0.3) is 5.56 Å². The fraction of sp³-hybridized carbons (Fsp3) is 0.0909. The lowest BCUT2D eigenvalue weighted by Gasteiger charge is -2.06. The zero-order valence-corrected chi connectivity index (χ0v) is 15.0. The molecular formula is C22H15F2N3O. The van der Waals surface area contributed by atoms with E-state index in [-0.39, 0.29) is 12.0 Å². The van der Waals surface area contributed by atoms with Crippen molar-refractivity contribution in [3.63, 3.8) is 0 Å². The Kier molecular flexibility index (Phi) is 4.50. The summed E-state index contributed by atoms with van der Waals surface area (Å²) < 4.78 is 29.5. The van der Waals surface area contributed by atoms with E-state index in [0.717, 1.165) is 23.3 Å². The Labute approximate surface area is 159 Å². The third-order valence-corrected chi connectivity index (χ3v) is 4.39. The highest BCUT2D eigenvalue weighted by Gasteiger charge is 2.13. The van der Waals surface area contributed by atoms with E-state index >= 15 is 0 Å². The molecule has 0 saturated heterocycles. The quantitative estimate of drug-likeness (QED) is 0.503. The van der Waals surface area contributed by atoms with Crippen molar-refractivity contribution in [2.45, 2.75) is 13.3 Å². The standard InChI is InChI=1S/C22H15F2N3O/c1-15-11-18(12-17-7-8-19(23)20(24)13-17)22(28)27-21(15)26(14-25-27)10-9-16-5-3-2-4-6-16/h2-8,11,13-14H,12H2,1H3. The van der Waals surface area contributed by atoms with E-state index in [1.165, 1.54) is 16.9 Å². The smallest absolute Gasteiger partial charge is 0.267 e. The summed E-state index contributed by atoms with van der Waals surface area (Å²) in [5, 5.41) is 4.16. The average molecular weight is 375 g/mol. The van der Waals surface area contributed by atoms with Gasteiger partial charge in [0.15, 0.2) is 17.3 Å². The number of nitrogens with zero attached hydrogens (tertiary/aromatic N) is 3. The molecule has 4 aromatic rings. The predicted octanol–water partition coefficient (Wildman–Crippen LogP) is 3.53.